The molecule has 0 amide bonds. The SMILES string of the molecule is CCc1cnc([C@@H](CC(=O)O)C2(C(F)(F)F)CC2)nc1. The first-order valence-corrected chi connectivity index (χ1v) is 6.39. The Balaban J connectivity index is 2.35. The molecule has 110 valence electrons. The van der Waals surface area contributed by atoms with Crippen molar-refractivity contribution in [1.82, 2.24) is 9.97 Å². The van der Waals surface area contributed by atoms with Crippen LogP contribution in [0.4, 0.5) is 13.2 Å². The average molecular weight is 288 g/mol. The van der Waals surface area contributed by atoms with Gasteiger partial charge >= 0.3 is 12.1 Å². The maximum absolute atomic E-state index is 13.2. The number of hydrogen-bond acceptors (Lipinski definition) is 3. The van der Waals surface area contributed by atoms with E-state index >= 15 is 0 Å². The highest BCUT2D eigenvalue weighted by Crippen LogP contribution is 2.65. The monoisotopic (exact) mass is 288 g/mol. The summed E-state index contributed by atoms with van der Waals surface area (Å²) in [5.74, 6) is -2.51. The summed E-state index contributed by atoms with van der Waals surface area (Å²) in [5, 5.41) is 8.88. The fraction of sp³-hybridized carbons (Fsp3) is 0.615. The Hall–Kier alpha value is -1.66. The Morgan fingerprint density at radius 3 is 2.30 bits per heavy atom. The second-order valence-electron chi connectivity index (χ2n) is 5.11. The predicted molar refractivity (Wildman–Crippen MR) is 64.1 cm³/mol. The van der Waals surface area contributed by atoms with Crippen LogP contribution in [0.5, 0.6) is 0 Å². The molecule has 0 bridgehead atoms. The summed E-state index contributed by atoms with van der Waals surface area (Å²) in [6.45, 7) is 1.88. The van der Waals surface area contributed by atoms with Gasteiger partial charge in [-0.05, 0) is 24.8 Å². The standard InChI is InChI=1S/C13H15F3N2O2/c1-2-8-6-17-11(18-7-8)9(5-10(19)20)12(3-4-12)13(14,15)16/h6-7,9H,2-5H2,1H3,(H,19,20)/t9-/m1/s1. The van der Waals surface area contributed by atoms with Crippen molar-refractivity contribution in [3.05, 3.63) is 23.8 Å². The van der Waals surface area contributed by atoms with Crippen molar-refractivity contribution in [1.29, 1.82) is 0 Å². The van der Waals surface area contributed by atoms with Gasteiger partial charge in [0.05, 0.1) is 11.8 Å². The Morgan fingerprint density at radius 2 is 1.95 bits per heavy atom. The van der Waals surface area contributed by atoms with Crippen LogP contribution in [0.1, 0.15) is 43.5 Å². The molecule has 2 rings (SSSR count). The summed E-state index contributed by atoms with van der Waals surface area (Å²) < 4.78 is 39.5. The van der Waals surface area contributed by atoms with E-state index in [0.717, 1.165) is 5.56 Å². The number of aromatic nitrogens is 2. The number of alkyl halides is 3. The molecular formula is C13H15F3N2O2. The van der Waals surface area contributed by atoms with Crippen LogP contribution in [-0.2, 0) is 11.2 Å². The molecular weight excluding hydrogens is 273 g/mol. The van der Waals surface area contributed by atoms with E-state index in [4.69, 9.17) is 5.11 Å². The third-order valence-corrected chi connectivity index (χ3v) is 3.84. The molecule has 7 heteroatoms. The number of rotatable bonds is 5. The highest BCUT2D eigenvalue weighted by atomic mass is 19.4. The zero-order valence-corrected chi connectivity index (χ0v) is 10.9. The van der Waals surface area contributed by atoms with E-state index in [0.29, 0.717) is 6.42 Å². The van der Waals surface area contributed by atoms with E-state index in [1.54, 1.807) is 0 Å². The lowest BCUT2D eigenvalue weighted by Gasteiger charge is -2.26. The van der Waals surface area contributed by atoms with Crippen molar-refractivity contribution in [3.63, 3.8) is 0 Å². The quantitative estimate of drug-likeness (QED) is 0.904. The summed E-state index contributed by atoms with van der Waals surface area (Å²) in [6.07, 6.45) is -1.56. The zero-order valence-electron chi connectivity index (χ0n) is 10.9. The second kappa shape index (κ2) is 5.03. The Labute approximate surface area is 114 Å². The molecule has 1 fully saturated rings. The van der Waals surface area contributed by atoms with Gasteiger partial charge in [-0.15, -0.1) is 0 Å². The van der Waals surface area contributed by atoms with Crippen molar-refractivity contribution in [3.8, 4) is 0 Å². The molecule has 1 heterocycles. The molecule has 1 aromatic rings. The smallest absolute Gasteiger partial charge is 0.395 e. The van der Waals surface area contributed by atoms with E-state index in [1.165, 1.54) is 12.4 Å². The van der Waals surface area contributed by atoms with Crippen molar-refractivity contribution < 1.29 is 23.1 Å². The lowest BCUT2D eigenvalue weighted by Crippen LogP contribution is -2.33. The lowest BCUT2D eigenvalue weighted by atomic mass is 9.84. The molecule has 20 heavy (non-hydrogen) atoms. The third kappa shape index (κ3) is 2.62. The van der Waals surface area contributed by atoms with Crippen LogP contribution >= 0.6 is 0 Å². The number of hydrogen-bond donors (Lipinski definition) is 1. The minimum absolute atomic E-state index is 0.0283. The molecule has 0 radical (unpaired) electrons. The largest absolute Gasteiger partial charge is 0.481 e. The van der Waals surface area contributed by atoms with Crippen LogP contribution in [0.15, 0.2) is 12.4 Å². The number of halogens is 3. The number of carbonyl (C=O) groups is 1. The molecule has 0 aromatic carbocycles. The summed E-state index contributed by atoms with van der Waals surface area (Å²) in [6, 6.07) is 0. The molecule has 0 spiro atoms. The number of aliphatic carboxylic acids is 1. The number of aryl methyl sites for hydroxylation is 1. The van der Waals surface area contributed by atoms with E-state index in [1.807, 2.05) is 6.92 Å². The van der Waals surface area contributed by atoms with Crippen LogP contribution in [0.3, 0.4) is 0 Å². The molecule has 1 saturated carbocycles. The van der Waals surface area contributed by atoms with E-state index < -0.39 is 29.9 Å². The van der Waals surface area contributed by atoms with Crippen molar-refractivity contribution >= 4 is 5.97 Å². The van der Waals surface area contributed by atoms with Gasteiger partial charge in [-0.2, -0.15) is 13.2 Å². The van der Waals surface area contributed by atoms with Gasteiger partial charge in [-0.25, -0.2) is 9.97 Å². The average Bonchev–Trinajstić information content (AvgIpc) is 3.17. The minimum Gasteiger partial charge on any atom is -0.481 e. The fourth-order valence-electron chi connectivity index (χ4n) is 2.40. The van der Waals surface area contributed by atoms with Gasteiger partial charge in [-0.3, -0.25) is 4.79 Å². The predicted octanol–water partition coefficient (Wildman–Crippen LogP) is 2.94. The molecule has 0 aliphatic heterocycles. The molecule has 1 aliphatic carbocycles. The van der Waals surface area contributed by atoms with Crippen molar-refractivity contribution in [2.24, 2.45) is 5.41 Å². The van der Waals surface area contributed by atoms with Crippen LogP contribution < -0.4 is 0 Å². The lowest BCUT2D eigenvalue weighted by molar-refractivity contribution is -0.196. The maximum Gasteiger partial charge on any atom is 0.395 e. The number of carboxylic acid groups (broad SMARTS) is 1. The first-order chi connectivity index (χ1) is 9.30. The van der Waals surface area contributed by atoms with Gasteiger partial charge in [-0.1, -0.05) is 6.92 Å². The summed E-state index contributed by atoms with van der Waals surface area (Å²) in [4.78, 5) is 18.8. The molecule has 0 saturated heterocycles. The van der Waals surface area contributed by atoms with E-state index in [2.05, 4.69) is 9.97 Å². The topological polar surface area (TPSA) is 63.1 Å². The molecule has 4 nitrogen and oxygen atoms in total. The minimum atomic E-state index is -4.43. The Morgan fingerprint density at radius 1 is 1.40 bits per heavy atom. The fourth-order valence-corrected chi connectivity index (χ4v) is 2.40. The van der Waals surface area contributed by atoms with Gasteiger partial charge in [0.1, 0.15) is 5.82 Å². The highest BCUT2D eigenvalue weighted by molar-refractivity contribution is 5.68. The molecule has 1 aliphatic rings. The maximum atomic E-state index is 13.2. The highest BCUT2D eigenvalue weighted by Gasteiger charge is 2.68. The van der Waals surface area contributed by atoms with E-state index in [9.17, 15) is 18.0 Å². The number of carboxylic acids is 1. The van der Waals surface area contributed by atoms with Gasteiger partial charge in [0.2, 0.25) is 0 Å². The van der Waals surface area contributed by atoms with Crippen LogP contribution in [0.25, 0.3) is 0 Å². The van der Waals surface area contributed by atoms with Gasteiger partial charge < -0.3 is 5.11 Å². The van der Waals surface area contributed by atoms with Crippen LogP contribution in [0.2, 0.25) is 0 Å². The normalized spacial score (nSPS) is 18.6. The molecule has 0 unspecified atom stereocenters. The molecule has 1 atom stereocenters. The summed E-state index contributed by atoms with van der Waals surface area (Å²) >= 11 is 0. The summed E-state index contributed by atoms with van der Waals surface area (Å²) in [5.41, 5.74) is -1.17. The second-order valence-corrected chi connectivity index (χ2v) is 5.11. The molecule has 1 aromatic heterocycles. The first-order valence-electron chi connectivity index (χ1n) is 6.39. The van der Waals surface area contributed by atoms with E-state index in [-0.39, 0.29) is 18.7 Å². The Bertz CT molecular complexity index is 495. The third-order valence-electron chi connectivity index (χ3n) is 3.84. The van der Waals surface area contributed by atoms with Crippen molar-refractivity contribution in [2.45, 2.75) is 44.7 Å². The number of nitrogens with zero attached hydrogens (tertiary/aromatic N) is 2. The zero-order chi connectivity index (χ0) is 15.0. The molecule has 1 N–H and O–H groups in total. The van der Waals surface area contributed by atoms with Crippen LogP contribution in [-0.4, -0.2) is 27.2 Å². The summed E-state index contributed by atoms with van der Waals surface area (Å²) in [7, 11) is 0. The van der Waals surface area contributed by atoms with Crippen molar-refractivity contribution in [2.75, 3.05) is 0 Å². The van der Waals surface area contributed by atoms with Crippen LogP contribution in [0, 0.1) is 5.41 Å². The van der Waals surface area contributed by atoms with Gasteiger partial charge in [0, 0.05) is 18.3 Å². The van der Waals surface area contributed by atoms with Gasteiger partial charge in [0.15, 0.2) is 0 Å². The Kier molecular flexibility index (Phi) is 3.71. The first kappa shape index (κ1) is 14.7. The van der Waals surface area contributed by atoms with Gasteiger partial charge in [0.25, 0.3) is 0 Å².